The van der Waals surface area contributed by atoms with Gasteiger partial charge in [0.05, 0.1) is 0 Å². The number of ether oxygens (including phenoxy) is 1. The highest BCUT2D eigenvalue weighted by molar-refractivity contribution is 7.07. The van der Waals surface area contributed by atoms with Crippen molar-refractivity contribution in [3.63, 3.8) is 0 Å². The molecule has 0 spiro atoms. The molecule has 108 valence electrons. The van der Waals surface area contributed by atoms with Crippen molar-refractivity contribution < 1.29 is 4.74 Å². The van der Waals surface area contributed by atoms with Gasteiger partial charge in [-0.05, 0) is 47.8 Å². The van der Waals surface area contributed by atoms with E-state index >= 15 is 0 Å². The molecule has 1 heterocycles. The fourth-order valence-corrected chi connectivity index (χ4v) is 2.88. The number of rotatable bonds is 8. The first-order valence-corrected chi connectivity index (χ1v) is 8.25. The van der Waals surface area contributed by atoms with Crippen LogP contribution in [0.15, 0.2) is 41.1 Å². The van der Waals surface area contributed by atoms with Gasteiger partial charge in [0.1, 0.15) is 12.4 Å². The minimum Gasteiger partial charge on any atom is -0.489 e. The zero-order valence-corrected chi connectivity index (χ0v) is 13.1. The summed E-state index contributed by atoms with van der Waals surface area (Å²) in [4.78, 5) is 0. The maximum absolute atomic E-state index is 6.01. The maximum Gasteiger partial charge on any atom is 0.124 e. The summed E-state index contributed by atoms with van der Waals surface area (Å²) in [5, 5.41) is 7.81. The van der Waals surface area contributed by atoms with Crippen molar-refractivity contribution in [3.8, 4) is 5.75 Å². The molecule has 0 aliphatic heterocycles. The van der Waals surface area contributed by atoms with E-state index in [4.69, 9.17) is 4.74 Å². The van der Waals surface area contributed by atoms with Crippen LogP contribution in [0.25, 0.3) is 0 Å². The Morgan fingerprint density at radius 3 is 2.75 bits per heavy atom. The lowest BCUT2D eigenvalue weighted by Crippen LogP contribution is -2.22. The van der Waals surface area contributed by atoms with Crippen LogP contribution in [0.4, 0.5) is 0 Å². The van der Waals surface area contributed by atoms with E-state index in [1.807, 2.05) is 6.07 Å². The van der Waals surface area contributed by atoms with E-state index in [9.17, 15) is 0 Å². The Bertz CT molecular complexity index is 495. The number of thiophene rings is 1. The average molecular weight is 289 g/mol. The minimum atomic E-state index is 0.369. The van der Waals surface area contributed by atoms with Gasteiger partial charge in [-0.1, -0.05) is 32.0 Å². The van der Waals surface area contributed by atoms with Crippen molar-refractivity contribution in [2.24, 2.45) is 0 Å². The minimum absolute atomic E-state index is 0.369. The normalized spacial score (nSPS) is 12.3. The molecule has 20 heavy (non-hydrogen) atoms. The van der Waals surface area contributed by atoms with Crippen LogP contribution in [0.5, 0.6) is 5.75 Å². The Hall–Kier alpha value is -1.32. The highest BCUT2D eigenvalue weighted by Gasteiger charge is 2.13. The summed E-state index contributed by atoms with van der Waals surface area (Å²) in [5.74, 6) is 0.995. The molecule has 1 aromatic heterocycles. The van der Waals surface area contributed by atoms with E-state index in [1.165, 1.54) is 11.1 Å². The Labute approximate surface area is 125 Å². The van der Waals surface area contributed by atoms with Crippen LogP contribution < -0.4 is 10.1 Å². The molecule has 0 aliphatic rings. The highest BCUT2D eigenvalue weighted by Crippen LogP contribution is 2.28. The van der Waals surface area contributed by atoms with Crippen molar-refractivity contribution in [2.45, 2.75) is 39.3 Å². The van der Waals surface area contributed by atoms with E-state index in [2.05, 4.69) is 54.2 Å². The fourth-order valence-electron chi connectivity index (χ4n) is 2.23. The number of benzene rings is 1. The van der Waals surface area contributed by atoms with Gasteiger partial charge in [-0.3, -0.25) is 0 Å². The quantitative estimate of drug-likeness (QED) is 0.755. The van der Waals surface area contributed by atoms with Crippen LogP contribution in [0, 0.1) is 0 Å². The second-order valence-electron chi connectivity index (χ2n) is 4.87. The molecule has 0 fully saturated rings. The molecule has 2 nitrogen and oxygen atoms in total. The van der Waals surface area contributed by atoms with Gasteiger partial charge < -0.3 is 10.1 Å². The maximum atomic E-state index is 6.01. The van der Waals surface area contributed by atoms with Gasteiger partial charge in [-0.15, -0.1) is 0 Å². The summed E-state index contributed by atoms with van der Waals surface area (Å²) in [6, 6.07) is 10.8. The number of hydrogen-bond donors (Lipinski definition) is 1. The van der Waals surface area contributed by atoms with Crippen LogP contribution in [0.3, 0.4) is 0 Å². The van der Waals surface area contributed by atoms with E-state index in [1.54, 1.807) is 11.3 Å². The highest BCUT2D eigenvalue weighted by atomic mass is 32.1. The SMILES string of the molecule is CCCNC(CC)c1ccccc1OCc1ccsc1. The van der Waals surface area contributed by atoms with E-state index in [-0.39, 0.29) is 0 Å². The lowest BCUT2D eigenvalue weighted by atomic mass is 10.0. The summed E-state index contributed by atoms with van der Waals surface area (Å²) in [5.41, 5.74) is 2.50. The van der Waals surface area contributed by atoms with Gasteiger partial charge >= 0.3 is 0 Å². The van der Waals surface area contributed by atoms with Crippen LogP contribution in [-0.4, -0.2) is 6.54 Å². The van der Waals surface area contributed by atoms with Crippen molar-refractivity contribution >= 4 is 11.3 Å². The Balaban J connectivity index is 2.07. The molecule has 0 amide bonds. The number of hydrogen-bond acceptors (Lipinski definition) is 3. The summed E-state index contributed by atoms with van der Waals surface area (Å²) >= 11 is 1.71. The summed E-state index contributed by atoms with van der Waals surface area (Å²) in [7, 11) is 0. The third-order valence-corrected chi connectivity index (χ3v) is 4.05. The Morgan fingerprint density at radius 1 is 1.20 bits per heavy atom. The zero-order valence-electron chi connectivity index (χ0n) is 12.3. The van der Waals surface area contributed by atoms with Gasteiger partial charge in [0.2, 0.25) is 0 Å². The van der Waals surface area contributed by atoms with Crippen LogP contribution in [0.2, 0.25) is 0 Å². The van der Waals surface area contributed by atoms with Gasteiger partial charge in [-0.25, -0.2) is 0 Å². The van der Waals surface area contributed by atoms with Gasteiger partial charge in [-0.2, -0.15) is 11.3 Å². The predicted octanol–water partition coefficient (Wildman–Crippen LogP) is 4.78. The largest absolute Gasteiger partial charge is 0.489 e. The smallest absolute Gasteiger partial charge is 0.124 e. The molecule has 3 heteroatoms. The van der Waals surface area contributed by atoms with Crippen LogP contribution in [0.1, 0.15) is 43.9 Å². The van der Waals surface area contributed by atoms with Crippen molar-refractivity contribution in [2.75, 3.05) is 6.54 Å². The van der Waals surface area contributed by atoms with Crippen molar-refractivity contribution in [3.05, 3.63) is 52.2 Å². The number of para-hydroxylation sites is 1. The molecule has 2 rings (SSSR count). The predicted molar refractivity (Wildman–Crippen MR) is 86.4 cm³/mol. The topological polar surface area (TPSA) is 21.3 Å². The summed E-state index contributed by atoms with van der Waals surface area (Å²) < 4.78 is 6.01. The molecule has 0 aliphatic carbocycles. The monoisotopic (exact) mass is 289 g/mol. The lowest BCUT2D eigenvalue weighted by molar-refractivity contribution is 0.299. The molecule has 0 radical (unpaired) electrons. The fraction of sp³-hybridized carbons (Fsp3) is 0.412. The second kappa shape index (κ2) is 8.08. The first-order valence-electron chi connectivity index (χ1n) is 7.31. The Morgan fingerprint density at radius 2 is 2.05 bits per heavy atom. The van der Waals surface area contributed by atoms with Gasteiger partial charge in [0.15, 0.2) is 0 Å². The average Bonchev–Trinajstić information content (AvgIpc) is 3.00. The molecule has 0 saturated carbocycles. The molecule has 1 N–H and O–H groups in total. The standard InChI is InChI=1S/C17H23NOS/c1-3-10-18-16(4-2)15-7-5-6-8-17(15)19-12-14-9-11-20-13-14/h5-9,11,13,16,18H,3-4,10,12H2,1-2H3. The summed E-state index contributed by atoms with van der Waals surface area (Å²) in [6.07, 6.45) is 2.22. The lowest BCUT2D eigenvalue weighted by Gasteiger charge is -2.20. The van der Waals surface area contributed by atoms with Crippen molar-refractivity contribution in [1.29, 1.82) is 0 Å². The second-order valence-corrected chi connectivity index (χ2v) is 5.65. The molecule has 1 unspecified atom stereocenters. The van der Waals surface area contributed by atoms with Gasteiger partial charge in [0.25, 0.3) is 0 Å². The molecule has 1 atom stereocenters. The first-order chi connectivity index (χ1) is 9.85. The molecule has 2 aromatic rings. The van der Waals surface area contributed by atoms with E-state index in [0.29, 0.717) is 12.6 Å². The molecule has 1 aromatic carbocycles. The third-order valence-electron chi connectivity index (χ3n) is 3.32. The van der Waals surface area contributed by atoms with Gasteiger partial charge in [0, 0.05) is 11.6 Å². The first kappa shape index (κ1) is 15.1. The van der Waals surface area contributed by atoms with Crippen molar-refractivity contribution in [1.82, 2.24) is 5.32 Å². The summed E-state index contributed by atoms with van der Waals surface area (Å²) in [6.45, 7) is 6.09. The van der Waals surface area contributed by atoms with E-state index in [0.717, 1.165) is 25.1 Å². The van der Waals surface area contributed by atoms with Crippen LogP contribution in [-0.2, 0) is 6.61 Å². The third kappa shape index (κ3) is 4.09. The molecule has 0 saturated heterocycles. The number of nitrogens with one attached hydrogen (secondary N) is 1. The zero-order chi connectivity index (χ0) is 14.2. The molecular formula is C17H23NOS. The molecule has 0 bridgehead atoms. The van der Waals surface area contributed by atoms with E-state index < -0.39 is 0 Å². The Kier molecular flexibility index (Phi) is 6.09. The molecular weight excluding hydrogens is 266 g/mol. The van der Waals surface area contributed by atoms with Crippen LogP contribution >= 0.6 is 11.3 Å².